The van der Waals surface area contributed by atoms with Gasteiger partial charge in [-0.25, -0.2) is 0 Å². The Morgan fingerprint density at radius 3 is 2.76 bits per heavy atom. The maximum absolute atomic E-state index is 10.4. The fourth-order valence-corrected chi connectivity index (χ4v) is 3.13. The number of fused-ring (bicyclic) bond motifs is 1. The van der Waals surface area contributed by atoms with Crippen LogP contribution in [0.15, 0.2) is 48.5 Å². The fraction of sp³-hybridized carbons (Fsp3) is 0.368. The third kappa shape index (κ3) is 3.27. The molecule has 0 amide bonds. The summed E-state index contributed by atoms with van der Waals surface area (Å²) in [6.45, 7) is 1.13. The molecule has 21 heavy (non-hydrogen) atoms. The first-order valence-corrected chi connectivity index (χ1v) is 7.80. The summed E-state index contributed by atoms with van der Waals surface area (Å²) in [5, 5.41) is 10.4. The molecule has 110 valence electrons. The summed E-state index contributed by atoms with van der Waals surface area (Å²) < 4.78 is 0. The Morgan fingerprint density at radius 2 is 1.95 bits per heavy atom. The Kier molecular flexibility index (Phi) is 4.26. The molecule has 0 fully saturated rings. The summed E-state index contributed by atoms with van der Waals surface area (Å²) in [7, 11) is 2.14. The molecule has 0 bridgehead atoms. The number of hydrogen-bond acceptors (Lipinski definition) is 2. The van der Waals surface area contributed by atoms with Gasteiger partial charge in [0.15, 0.2) is 0 Å². The Labute approximate surface area is 127 Å². The fourth-order valence-electron chi connectivity index (χ4n) is 3.13. The lowest BCUT2D eigenvalue weighted by Gasteiger charge is -2.28. The van der Waals surface area contributed by atoms with Gasteiger partial charge >= 0.3 is 0 Å². The molecule has 0 saturated heterocycles. The van der Waals surface area contributed by atoms with Crippen LogP contribution in [-0.4, -0.2) is 18.7 Å². The molecule has 0 aliphatic carbocycles. The van der Waals surface area contributed by atoms with Gasteiger partial charge in [0.1, 0.15) is 0 Å². The van der Waals surface area contributed by atoms with Crippen molar-refractivity contribution in [2.75, 3.05) is 18.5 Å². The highest BCUT2D eigenvalue weighted by Gasteiger charge is 2.16. The van der Waals surface area contributed by atoms with Crippen molar-refractivity contribution in [2.24, 2.45) is 0 Å². The molecule has 0 radical (unpaired) electrons. The van der Waals surface area contributed by atoms with Crippen LogP contribution in [0.2, 0.25) is 0 Å². The SMILES string of the molecule is CN1CCCc2cc(C(O)CCc3ccccc3)ccc21. The monoisotopic (exact) mass is 281 g/mol. The van der Waals surface area contributed by atoms with E-state index in [-0.39, 0.29) is 6.10 Å². The molecule has 1 heterocycles. The molecule has 3 rings (SSSR count). The Bertz CT molecular complexity index is 594. The third-order valence-corrected chi connectivity index (χ3v) is 4.39. The number of nitrogens with zero attached hydrogens (tertiary/aromatic N) is 1. The molecular weight excluding hydrogens is 258 g/mol. The second kappa shape index (κ2) is 6.31. The Balaban J connectivity index is 1.69. The van der Waals surface area contributed by atoms with Crippen molar-refractivity contribution < 1.29 is 5.11 Å². The van der Waals surface area contributed by atoms with E-state index in [9.17, 15) is 5.11 Å². The number of aliphatic hydroxyl groups is 1. The highest BCUT2D eigenvalue weighted by atomic mass is 16.3. The largest absolute Gasteiger partial charge is 0.388 e. The first-order valence-electron chi connectivity index (χ1n) is 7.80. The van der Waals surface area contributed by atoms with Gasteiger partial charge in [-0.1, -0.05) is 42.5 Å². The molecule has 1 aliphatic heterocycles. The molecule has 0 aromatic heterocycles. The molecule has 1 aliphatic rings. The minimum Gasteiger partial charge on any atom is -0.388 e. The van der Waals surface area contributed by atoms with E-state index in [1.165, 1.54) is 23.2 Å². The molecule has 0 spiro atoms. The maximum atomic E-state index is 10.4. The molecule has 1 unspecified atom stereocenters. The molecule has 2 aromatic carbocycles. The number of aliphatic hydroxyl groups excluding tert-OH is 1. The smallest absolute Gasteiger partial charge is 0.0793 e. The van der Waals surface area contributed by atoms with Crippen molar-refractivity contribution in [3.8, 4) is 0 Å². The van der Waals surface area contributed by atoms with Crippen LogP contribution in [0.4, 0.5) is 5.69 Å². The minimum absolute atomic E-state index is 0.372. The molecule has 1 N–H and O–H groups in total. The van der Waals surface area contributed by atoms with Gasteiger partial charge in [-0.3, -0.25) is 0 Å². The van der Waals surface area contributed by atoms with E-state index in [4.69, 9.17) is 0 Å². The molecule has 0 saturated carbocycles. The average Bonchev–Trinajstić information content (AvgIpc) is 2.53. The highest BCUT2D eigenvalue weighted by molar-refractivity contribution is 5.56. The summed E-state index contributed by atoms with van der Waals surface area (Å²) in [5.41, 5.74) is 5.04. The van der Waals surface area contributed by atoms with E-state index < -0.39 is 0 Å². The van der Waals surface area contributed by atoms with Gasteiger partial charge in [-0.2, -0.15) is 0 Å². The van der Waals surface area contributed by atoms with Crippen LogP contribution in [0.1, 0.15) is 35.6 Å². The predicted molar refractivity (Wildman–Crippen MR) is 87.8 cm³/mol. The van der Waals surface area contributed by atoms with Crippen LogP contribution < -0.4 is 4.90 Å². The Hall–Kier alpha value is -1.80. The van der Waals surface area contributed by atoms with Crippen molar-refractivity contribution in [1.29, 1.82) is 0 Å². The van der Waals surface area contributed by atoms with Crippen LogP contribution in [-0.2, 0) is 12.8 Å². The lowest BCUT2D eigenvalue weighted by molar-refractivity contribution is 0.167. The van der Waals surface area contributed by atoms with E-state index in [2.05, 4.69) is 54.4 Å². The first-order chi connectivity index (χ1) is 10.2. The zero-order chi connectivity index (χ0) is 14.7. The second-order valence-electron chi connectivity index (χ2n) is 5.95. The quantitative estimate of drug-likeness (QED) is 0.923. The standard InChI is InChI=1S/C19H23NO/c1-20-13-5-8-16-14-17(10-11-18(16)20)19(21)12-9-15-6-3-2-4-7-15/h2-4,6-7,10-11,14,19,21H,5,8-9,12-13H2,1H3. The van der Waals surface area contributed by atoms with Gasteiger partial charge in [-0.15, -0.1) is 0 Å². The normalized spacial score (nSPS) is 15.6. The summed E-state index contributed by atoms with van der Waals surface area (Å²) in [6.07, 6.45) is 3.65. The molecule has 2 nitrogen and oxygen atoms in total. The van der Waals surface area contributed by atoms with E-state index in [0.29, 0.717) is 0 Å². The number of benzene rings is 2. The summed E-state index contributed by atoms with van der Waals surface area (Å²) >= 11 is 0. The van der Waals surface area contributed by atoms with E-state index >= 15 is 0 Å². The van der Waals surface area contributed by atoms with Crippen LogP contribution >= 0.6 is 0 Å². The van der Waals surface area contributed by atoms with Crippen molar-refractivity contribution in [1.82, 2.24) is 0 Å². The summed E-state index contributed by atoms with van der Waals surface area (Å²) in [6, 6.07) is 16.8. The number of rotatable bonds is 4. The molecule has 2 heteroatoms. The van der Waals surface area contributed by atoms with Gasteiger partial charge in [0.25, 0.3) is 0 Å². The average molecular weight is 281 g/mol. The molecule has 1 atom stereocenters. The van der Waals surface area contributed by atoms with Gasteiger partial charge in [0.05, 0.1) is 6.10 Å². The number of aryl methyl sites for hydroxylation is 2. The zero-order valence-electron chi connectivity index (χ0n) is 12.6. The van der Waals surface area contributed by atoms with Crippen LogP contribution in [0.25, 0.3) is 0 Å². The zero-order valence-corrected chi connectivity index (χ0v) is 12.6. The predicted octanol–water partition coefficient (Wildman–Crippen LogP) is 3.74. The van der Waals surface area contributed by atoms with Crippen molar-refractivity contribution >= 4 is 5.69 Å². The van der Waals surface area contributed by atoms with Crippen LogP contribution in [0.3, 0.4) is 0 Å². The highest BCUT2D eigenvalue weighted by Crippen LogP contribution is 2.30. The van der Waals surface area contributed by atoms with Gasteiger partial charge in [-0.05, 0) is 48.4 Å². The number of anilines is 1. The minimum atomic E-state index is -0.372. The van der Waals surface area contributed by atoms with Gasteiger partial charge < -0.3 is 10.0 Å². The lowest BCUT2D eigenvalue weighted by atomic mass is 9.95. The van der Waals surface area contributed by atoms with Crippen LogP contribution in [0.5, 0.6) is 0 Å². The van der Waals surface area contributed by atoms with E-state index in [1.54, 1.807) is 0 Å². The summed E-state index contributed by atoms with van der Waals surface area (Å²) in [5.74, 6) is 0. The van der Waals surface area contributed by atoms with Gasteiger partial charge in [0.2, 0.25) is 0 Å². The molecular formula is C19H23NO. The topological polar surface area (TPSA) is 23.5 Å². The van der Waals surface area contributed by atoms with Gasteiger partial charge in [0, 0.05) is 19.3 Å². The van der Waals surface area contributed by atoms with E-state index in [1.807, 2.05) is 6.07 Å². The molecule has 2 aromatic rings. The van der Waals surface area contributed by atoms with Crippen molar-refractivity contribution in [3.63, 3.8) is 0 Å². The maximum Gasteiger partial charge on any atom is 0.0793 e. The van der Waals surface area contributed by atoms with Crippen molar-refractivity contribution in [3.05, 3.63) is 65.2 Å². The first kappa shape index (κ1) is 14.2. The Morgan fingerprint density at radius 1 is 1.14 bits per heavy atom. The van der Waals surface area contributed by atoms with E-state index in [0.717, 1.165) is 31.4 Å². The summed E-state index contributed by atoms with van der Waals surface area (Å²) in [4.78, 5) is 2.30. The lowest BCUT2D eigenvalue weighted by Crippen LogP contribution is -2.24. The third-order valence-electron chi connectivity index (χ3n) is 4.39. The van der Waals surface area contributed by atoms with Crippen LogP contribution in [0, 0.1) is 0 Å². The number of hydrogen-bond donors (Lipinski definition) is 1. The second-order valence-corrected chi connectivity index (χ2v) is 5.95. The van der Waals surface area contributed by atoms with Crippen molar-refractivity contribution in [2.45, 2.75) is 31.8 Å².